The van der Waals surface area contributed by atoms with Crippen molar-refractivity contribution >= 4 is 15.9 Å². The molecule has 22 heavy (non-hydrogen) atoms. The Bertz CT molecular complexity index is 595. The third kappa shape index (κ3) is 4.33. The number of hydrogen-bond donors (Lipinski definition) is 1. The number of sulfonamides is 1. The molecule has 124 valence electrons. The van der Waals surface area contributed by atoms with Crippen molar-refractivity contribution in [2.24, 2.45) is 11.8 Å². The summed E-state index contributed by atoms with van der Waals surface area (Å²) in [4.78, 5) is 12.1. The van der Waals surface area contributed by atoms with Gasteiger partial charge in [0.1, 0.15) is 5.76 Å². The summed E-state index contributed by atoms with van der Waals surface area (Å²) in [5.41, 5.74) is 0. The second-order valence-corrected chi connectivity index (χ2v) is 8.22. The van der Waals surface area contributed by atoms with Crippen molar-refractivity contribution in [3.63, 3.8) is 0 Å². The summed E-state index contributed by atoms with van der Waals surface area (Å²) < 4.78 is 30.1. The minimum absolute atomic E-state index is 0.0672. The first-order valence-electron chi connectivity index (χ1n) is 7.54. The zero-order chi connectivity index (χ0) is 16.3. The summed E-state index contributed by atoms with van der Waals surface area (Å²) in [6, 6.07) is 3.51. The molecular weight excluding hydrogens is 304 g/mol. The number of hydrogen-bond acceptors (Lipinski definition) is 4. The van der Waals surface area contributed by atoms with Gasteiger partial charge in [0.05, 0.1) is 12.5 Å². The van der Waals surface area contributed by atoms with Gasteiger partial charge in [-0.1, -0.05) is 13.8 Å². The Kier molecular flexibility index (Phi) is 5.28. The smallest absolute Gasteiger partial charge is 0.220 e. The van der Waals surface area contributed by atoms with Crippen molar-refractivity contribution in [3.05, 3.63) is 24.2 Å². The van der Waals surface area contributed by atoms with Gasteiger partial charge < -0.3 is 9.73 Å². The molecule has 1 fully saturated rings. The lowest BCUT2D eigenvalue weighted by atomic mass is 9.91. The van der Waals surface area contributed by atoms with Gasteiger partial charge in [-0.15, -0.1) is 0 Å². The third-order valence-electron chi connectivity index (χ3n) is 4.18. The van der Waals surface area contributed by atoms with Gasteiger partial charge in [-0.2, -0.15) is 4.31 Å². The van der Waals surface area contributed by atoms with Gasteiger partial charge in [-0.3, -0.25) is 4.79 Å². The molecule has 0 spiro atoms. The summed E-state index contributed by atoms with van der Waals surface area (Å²) in [5, 5.41) is 2.99. The molecule has 6 nitrogen and oxygen atoms in total. The summed E-state index contributed by atoms with van der Waals surface area (Å²) in [5.74, 6) is 1.16. The van der Waals surface area contributed by atoms with E-state index in [-0.39, 0.29) is 17.9 Å². The molecule has 0 saturated carbocycles. The van der Waals surface area contributed by atoms with Crippen molar-refractivity contribution in [1.29, 1.82) is 0 Å². The fraction of sp³-hybridized carbons (Fsp3) is 0.667. The van der Waals surface area contributed by atoms with Crippen molar-refractivity contribution in [3.8, 4) is 0 Å². The topological polar surface area (TPSA) is 79.6 Å². The molecule has 2 heterocycles. The van der Waals surface area contributed by atoms with E-state index in [9.17, 15) is 13.2 Å². The van der Waals surface area contributed by atoms with E-state index in [0.29, 0.717) is 31.8 Å². The zero-order valence-electron chi connectivity index (χ0n) is 13.3. The molecule has 1 aromatic rings. The minimum Gasteiger partial charge on any atom is -0.469 e. The Labute approximate surface area is 131 Å². The van der Waals surface area contributed by atoms with E-state index in [2.05, 4.69) is 19.2 Å². The molecule has 7 heteroatoms. The van der Waals surface area contributed by atoms with Crippen LogP contribution in [-0.4, -0.2) is 44.0 Å². The van der Waals surface area contributed by atoms with Crippen LogP contribution in [0.15, 0.2) is 22.8 Å². The normalized spacial score (nSPS) is 23.1. The van der Waals surface area contributed by atoms with Gasteiger partial charge in [-0.05, 0) is 24.0 Å². The van der Waals surface area contributed by atoms with Gasteiger partial charge in [0.2, 0.25) is 15.9 Å². The van der Waals surface area contributed by atoms with E-state index >= 15 is 0 Å². The summed E-state index contributed by atoms with van der Waals surface area (Å²) in [6.07, 6.45) is 3.69. The number of carbonyl (C=O) groups excluding carboxylic acids is 1. The van der Waals surface area contributed by atoms with Gasteiger partial charge in [0, 0.05) is 32.0 Å². The standard InChI is InChI=1S/C15H24N2O4S/c1-11(2)13-9-17(22(3,19)20)10-14(13)16-15(18)7-6-12-5-4-8-21-12/h4-5,8,11,13-14H,6-7,9-10H2,1-3H3,(H,16,18)/t13-,14+/m1/s1. The third-order valence-corrected chi connectivity index (χ3v) is 5.42. The summed E-state index contributed by atoms with van der Waals surface area (Å²) >= 11 is 0. The predicted molar refractivity (Wildman–Crippen MR) is 83.7 cm³/mol. The van der Waals surface area contributed by atoms with Crippen molar-refractivity contribution in [2.45, 2.75) is 32.7 Å². The lowest BCUT2D eigenvalue weighted by molar-refractivity contribution is -0.122. The van der Waals surface area contributed by atoms with E-state index in [1.165, 1.54) is 10.6 Å². The van der Waals surface area contributed by atoms with Crippen LogP contribution in [0.1, 0.15) is 26.0 Å². The van der Waals surface area contributed by atoms with Gasteiger partial charge in [0.15, 0.2) is 0 Å². The molecule has 0 radical (unpaired) electrons. The van der Waals surface area contributed by atoms with Gasteiger partial charge >= 0.3 is 0 Å². The van der Waals surface area contributed by atoms with E-state index in [4.69, 9.17) is 4.42 Å². The molecule has 1 saturated heterocycles. The molecule has 1 aliphatic rings. The molecule has 0 bridgehead atoms. The number of nitrogens with one attached hydrogen (secondary N) is 1. The fourth-order valence-electron chi connectivity index (χ4n) is 2.86. The highest BCUT2D eigenvalue weighted by atomic mass is 32.2. The van der Waals surface area contributed by atoms with E-state index in [0.717, 1.165) is 5.76 Å². The van der Waals surface area contributed by atoms with Crippen molar-refractivity contribution in [1.82, 2.24) is 9.62 Å². The van der Waals surface area contributed by atoms with Gasteiger partial charge in [-0.25, -0.2) is 8.42 Å². The van der Waals surface area contributed by atoms with Crippen LogP contribution in [0.2, 0.25) is 0 Å². The molecule has 0 unspecified atom stereocenters. The molecule has 0 aliphatic carbocycles. The maximum atomic E-state index is 12.1. The first kappa shape index (κ1) is 17.0. The Morgan fingerprint density at radius 1 is 1.45 bits per heavy atom. The van der Waals surface area contributed by atoms with Crippen molar-refractivity contribution in [2.75, 3.05) is 19.3 Å². The number of nitrogens with zero attached hydrogens (tertiary/aromatic N) is 1. The molecule has 2 rings (SSSR count). The van der Waals surface area contributed by atoms with Crippen LogP contribution in [0.4, 0.5) is 0 Å². The average molecular weight is 328 g/mol. The highest BCUT2D eigenvalue weighted by Crippen LogP contribution is 2.26. The van der Waals surface area contributed by atoms with Crippen LogP contribution in [0.5, 0.6) is 0 Å². The lowest BCUT2D eigenvalue weighted by Crippen LogP contribution is -2.42. The minimum atomic E-state index is -3.22. The second kappa shape index (κ2) is 6.83. The molecule has 0 aromatic carbocycles. The highest BCUT2D eigenvalue weighted by molar-refractivity contribution is 7.88. The molecule has 1 aromatic heterocycles. The van der Waals surface area contributed by atoms with Gasteiger partial charge in [0.25, 0.3) is 0 Å². The molecule has 2 atom stereocenters. The van der Waals surface area contributed by atoms with Crippen molar-refractivity contribution < 1.29 is 17.6 Å². The van der Waals surface area contributed by atoms with Crippen LogP contribution < -0.4 is 5.32 Å². The summed E-state index contributed by atoms with van der Waals surface area (Å²) in [7, 11) is -3.22. The average Bonchev–Trinajstić information content (AvgIpc) is 3.04. The Hall–Kier alpha value is -1.34. The maximum absolute atomic E-state index is 12.1. The first-order chi connectivity index (χ1) is 10.3. The summed E-state index contributed by atoms with van der Waals surface area (Å²) in [6.45, 7) is 4.94. The fourth-order valence-corrected chi connectivity index (χ4v) is 3.74. The zero-order valence-corrected chi connectivity index (χ0v) is 14.1. The Morgan fingerprint density at radius 3 is 2.73 bits per heavy atom. The number of furan rings is 1. The first-order valence-corrected chi connectivity index (χ1v) is 9.39. The van der Waals surface area contributed by atoms with E-state index in [1.54, 1.807) is 12.3 Å². The Balaban J connectivity index is 1.93. The number of rotatable bonds is 6. The SMILES string of the molecule is CC(C)[C@H]1CN(S(C)(=O)=O)C[C@@H]1NC(=O)CCc1ccco1. The van der Waals surface area contributed by atoms with E-state index in [1.807, 2.05) is 6.07 Å². The quantitative estimate of drug-likeness (QED) is 0.852. The molecule has 1 aliphatic heterocycles. The van der Waals surface area contributed by atoms with Crippen LogP contribution in [-0.2, 0) is 21.2 Å². The van der Waals surface area contributed by atoms with Crippen LogP contribution >= 0.6 is 0 Å². The van der Waals surface area contributed by atoms with Crippen LogP contribution in [0.3, 0.4) is 0 Å². The Morgan fingerprint density at radius 2 is 2.18 bits per heavy atom. The second-order valence-electron chi connectivity index (χ2n) is 6.24. The largest absolute Gasteiger partial charge is 0.469 e. The molecular formula is C15H24N2O4S. The van der Waals surface area contributed by atoms with Crippen LogP contribution in [0.25, 0.3) is 0 Å². The number of aryl methyl sites for hydroxylation is 1. The highest BCUT2D eigenvalue weighted by Gasteiger charge is 2.39. The monoisotopic (exact) mass is 328 g/mol. The molecule has 1 amide bonds. The van der Waals surface area contributed by atoms with Crippen LogP contribution in [0, 0.1) is 11.8 Å². The predicted octanol–water partition coefficient (Wildman–Crippen LogP) is 1.24. The number of carbonyl (C=O) groups is 1. The number of amides is 1. The van der Waals surface area contributed by atoms with E-state index < -0.39 is 10.0 Å². The maximum Gasteiger partial charge on any atom is 0.220 e. The molecule has 1 N–H and O–H groups in total. The lowest BCUT2D eigenvalue weighted by Gasteiger charge is -2.22.